The van der Waals surface area contributed by atoms with Crippen molar-refractivity contribution in [2.45, 2.75) is 65.2 Å². The number of alkyl halides is 12. The molecule has 0 N–H and O–H groups in total. The van der Waals surface area contributed by atoms with E-state index >= 15 is 26.3 Å². The topological polar surface area (TPSA) is 67.3 Å². The molecular weight excluding hydrogens is 1750 g/mol. The second kappa shape index (κ2) is 33.1. The van der Waals surface area contributed by atoms with Crippen molar-refractivity contribution < 1.29 is 52.7 Å². The van der Waals surface area contributed by atoms with E-state index in [2.05, 4.69) is 109 Å². The van der Waals surface area contributed by atoms with Crippen LogP contribution in [-0.4, -0.2) is 18.3 Å². The monoisotopic (exact) mass is 1830 g/mol. The van der Waals surface area contributed by atoms with Gasteiger partial charge in [0.15, 0.2) is 0 Å². The van der Waals surface area contributed by atoms with E-state index in [1.165, 1.54) is 12.1 Å². The van der Waals surface area contributed by atoms with Gasteiger partial charge in [-0.2, -0.15) is 63.2 Å². The van der Waals surface area contributed by atoms with Crippen LogP contribution in [0.2, 0.25) is 0 Å². The first-order valence-corrected chi connectivity index (χ1v) is 44.9. The van der Waals surface area contributed by atoms with Crippen LogP contribution in [0, 0.1) is 50.4 Å². The number of nitriles is 2. The summed E-state index contributed by atoms with van der Waals surface area (Å²) >= 11 is 0. The number of benzene rings is 18. The summed E-state index contributed by atoms with van der Waals surface area (Å²) in [5.41, 5.74) is 16.3. The quantitative estimate of drug-likeness (QED) is 0.0960. The molecule has 0 aliphatic rings. The standard InChI is InChI=1S/C120H76F12N6/c1-69-13-27-77(28-14-69)81-35-51-110-101(59-81)102-60-84(36-52-111(102)136(110)88-42-46-90(92-44-40-86(118(124,125)126)64-106(92)120(130,131)132)96(66-88)100-58-76(68-134)26-50-114(100)138-115-53-37-82(78-29-15-70(2)16-30-78)61-103(115)104-62-83(38-54-116(104)138)79-31-17-71(3)18-32-79)80-33-22-73(23-34-80)20-21-74-24-48-109-98(56-74)94-10-5-7-11-107(94)135(109)87-41-45-89(91-43-39-85(117(121,122)123)63-105(91)119(127,128)129)95(65-87)99-57-75(67-133)25-49-113(99)137-108-12-8-6-9-93(108)97-55-72(4)19-47-112(97)137/h5-19,22-66H,20-21H2,1-4H3. The minimum Gasteiger partial charge on any atom is -0.309 e. The molecule has 0 bridgehead atoms. The van der Waals surface area contributed by atoms with Crippen LogP contribution in [0.5, 0.6) is 0 Å². The van der Waals surface area contributed by atoms with Crippen LogP contribution < -0.4 is 0 Å². The zero-order valence-electron chi connectivity index (χ0n) is 74.3. The highest BCUT2D eigenvalue weighted by Crippen LogP contribution is 2.52. The highest BCUT2D eigenvalue weighted by molar-refractivity contribution is 6.16. The number of fused-ring (bicyclic) bond motifs is 12. The Morgan fingerprint density at radius 3 is 0.906 bits per heavy atom. The van der Waals surface area contributed by atoms with Crippen molar-refractivity contribution in [1.82, 2.24) is 18.3 Å². The number of hydrogen-bond acceptors (Lipinski definition) is 2. The molecule has 22 aromatic rings. The van der Waals surface area contributed by atoms with Gasteiger partial charge >= 0.3 is 24.7 Å². The number of aryl methyl sites for hydroxylation is 6. The summed E-state index contributed by atoms with van der Waals surface area (Å²) in [6.45, 7) is 8.04. The molecule has 4 aromatic heterocycles. The number of para-hydroxylation sites is 2. The maximum absolute atomic E-state index is 15.9. The highest BCUT2D eigenvalue weighted by Gasteiger charge is 2.42. The minimum atomic E-state index is -5.28. The molecule has 670 valence electrons. The number of halogens is 12. The van der Waals surface area contributed by atoms with Crippen molar-refractivity contribution in [2.75, 3.05) is 0 Å². The lowest BCUT2D eigenvalue weighted by Gasteiger charge is -2.22. The number of aromatic nitrogens is 4. The Bertz CT molecular complexity index is 8760. The lowest BCUT2D eigenvalue weighted by molar-refractivity contribution is -0.144. The van der Waals surface area contributed by atoms with Gasteiger partial charge in [-0.15, -0.1) is 0 Å². The van der Waals surface area contributed by atoms with E-state index in [0.29, 0.717) is 58.9 Å². The SMILES string of the molecule is Cc1ccc(-c2ccc3c(c2)c2cc(-c4ccc(CCc5ccc6c(c5)c5ccccc5n6-c5ccc(-c6ccc(C(F)(F)F)cc6C(F)(F)F)c(-c6cc(C#N)ccc6-n6c7ccccc7c7cc(C)ccc76)c5)cc4)ccc2n3-c2ccc(-c3ccc(C(F)(F)F)cc3C(F)(F)F)c(-c3cc(C#N)ccc3-n3c4ccc(-c5ccc(C)cc5)cc4c4cc(-c5ccc(C)cc5)ccc43)c2)cc1. The molecule has 0 aliphatic carbocycles. The van der Waals surface area contributed by atoms with Crippen LogP contribution in [-0.2, 0) is 37.5 Å². The largest absolute Gasteiger partial charge is 0.417 e. The molecule has 0 amide bonds. The molecule has 0 radical (unpaired) electrons. The molecule has 0 spiro atoms. The lowest BCUT2D eigenvalue weighted by Crippen LogP contribution is -2.12. The molecule has 6 nitrogen and oxygen atoms in total. The Morgan fingerprint density at radius 1 is 0.217 bits per heavy atom. The van der Waals surface area contributed by atoms with E-state index in [0.717, 1.165) is 177 Å². The Labute approximate surface area is 783 Å². The van der Waals surface area contributed by atoms with Crippen molar-refractivity contribution in [1.29, 1.82) is 10.5 Å². The fourth-order valence-corrected chi connectivity index (χ4v) is 20.2. The van der Waals surface area contributed by atoms with Crippen molar-refractivity contribution in [2.24, 2.45) is 0 Å². The minimum absolute atomic E-state index is 0.0172. The fourth-order valence-electron chi connectivity index (χ4n) is 20.2. The van der Waals surface area contributed by atoms with Crippen LogP contribution in [0.15, 0.2) is 364 Å². The average Bonchev–Trinajstić information content (AvgIpc) is 1.66. The molecule has 22 rings (SSSR count). The van der Waals surface area contributed by atoms with Crippen LogP contribution in [0.3, 0.4) is 0 Å². The molecule has 0 fully saturated rings. The first-order chi connectivity index (χ1) is 66.4. The predicted octanol–water partition coefficient (Wildman–Crippen LogP) is 34.2. The molecule has 18 heteroatoms. The van der Waals surface area contributed by atoms with Gasteiger partial charge in [0.25, 0.3) is 0 Å². The normalized spacial score (nSPS) is 12.2. The first-order valence-electron chi connectivity index (χ1n) is 44.9. The number of hydrogen-bond donors (Lipinski definition) is 0. The number of nitrogens with zero attached hydrogens (tertiary/aromatic N) is 6. The van der Waals surface area contributed by atoms with Gasteiger partial charge in [-0.25, -0.2) is 0 Å². The van der Waals surface area contributed by atoms with Gasteiger partial charge in [0.1, 0.15) is 0 Å². The fraction of sp³-hybridized carbons (Fsp3) is 0.0833. The van der Waals surface area contributed by atoms with Crippen molar-refractivity contribution in [3.8, 4) is 124 Å². The number of rotatable bonds is 15. The molecule has 138 heavy (non-hydrogen) atoms. The maximum Gasteiger partial charge on any atom is 0.417 e. The second-order valence-electron chi connectivity index (χ2n) is 35.6. The summed E-state index contributed by atoms with van der Waals surface area (Å²) < 4.78 is 190. The van der Waals surface area contributed by atoms with Gasteiger partial charge in [-0.05, 0) is 299 Å². The van der Waals surface area contributed by atoms with Crippen LogP contribution in [0.25, 0.3) is 199 Å². The van der Waals surface area contributed by atoms with Gasteiger partial charge in [0.2, 0.25) is 0 Å². The van der Waals surface area contributed by atoms with E-state index in [1.54, 1.807) is 60.7 Å². The molecule has 4 heterocycles. The highest BCUT2D eigenvalue weighted by atomic mass is 19.4. The van der Waals surface area contributed by atoms with E-state index in [1.807, 2.05) is 204 Å². The van der Waals surface area contributed by atoms with Gasteiger partial charge in [-0.3, -0.25) is 0 Å². The van der Waals surface area contributed by atoms with Crippen molar-refractivity contribution in [3.63, 3.8) is 0 Å². The molecular formula is C120H76F12N6. The molecule has 0 aliphatic heterocycles. The smallest absolute Gasteiger partial charge is 0.309 e. The van der Waals surface area contributed by atoms with E-state index in [-0.39, 0.29) is 45.5 Å². The molecule has 0 unspecified atom stereocenters. The van der Waals surface area contributed by atoms with Crippen molar-refractivity contribution >= 4 is 87.2 Å². The summed E-state index contributed by atoms with van der Waals surface area (Å²) in [5.74, 6) is 0. The lowest BCUT2D eigenvalue weighted by atomic mass is 9.88. The Kier molecular flexibility index (Phi) is 20.8. The summed E-state index contributed by atoms with van der Waals surface area (Å²) in [7, 11) is 0. The molecule has 0 atom stereocenters. The third-order valence-corrected chi connectivity index (χ3v) is 27.0. The summed E-state index contributed by atoms with van der Waals surface area (Å²) in [4.78, 5) is 0. The van der Waals surface area contributed by atoms with Gasteiger partial charge in [-0.1, -0.05) is 216 Å². The summed E-state index contributed by atoms with van der Waals surface area (Å²) in [5, 5.41) is 28.6. The van der Waals surface area contributed by atoms with Gasteiger partial charge < -0.3 is 18.3 Å². The Balaban J connectivity index is 0.649. The first kappa shape index (κ1) is 86.7. The van der Waals surface area contributed by atoms with Gasteiger partial charge in [0.05, 0.1) is 101 Å². The zero-order chi connectivity index (χ0) is 95.3. The third-order valence-electron chi connectivity index (χ3n) is 27.0. The second-order valence-corrected chi connectivity index (χ2v) is 35.6. The van der Waals surface area contributed by atoms with Crippen LogP contribution in [0.1, 0.15) is 66.8 Å². The molecule has 0 saturated heterocycles. The third kappa shape index (κ3) is 15.3. The Hall–Kier alpha value is -16.7. The molecule has 0 saturated carbocycles. The van der Waals surface area contributed by atoms with Crippen LogP contribution in [0.4, 0.5) is 52.7 Å². The van der Waals surface area contributed by atoms with Gasteiger partial charge in [0, 0.05) is 65.6 Å². The van der Waals surface area contributed by atoms with Crippen molar-refractivity contribution in [3.05, 3.63) is 431 Å². The molecule has 18 aromatic carbocycles. The predicted molar refractivity (Wildman–Crippen MR) is 530 cm³/mol. The maximum atomic E-state index is 15.9. The van der Waals surface area contributed by atoms with Crippen LogP contribution >= 0.6 is 0 Å². The van der Waals surface area contributed by atoms with E-state index < -0.39 is 58.1 Å². The van der Waals surface area contributed by atoms with E-state index in [4.69, 9.17) is 0 Å². The summed E-state index contributed by atoms with van der Waals surface area (Å²) in [6.07, 6.45) is -19.5. The summed E-state index contributed by atoms with van der Waals surface area (Å²) in [6, 6.07) is 113. The Morgan fingerprint density at radius 2 is 0.522 bits per heavy atom. The van der Waals surface area contributed by atoms with E-state index in [9.17, 15) is 36.9 Å². The average molecular weight is 1830 g/mol. The zero-order valence-corrected chi connectivity index (χ0v) is 74.3.